The first-order valence-electron chi connectivity index (χ1n) is 12.6. The van der Waals surface area contributed by atoms with Crippen molar-refractivity contribution in [2.24, 2.45) is 11.8 Å². The number of carboxylic acid groups (broad SMARTS) is 1. The zero-order chi connectivity index (χ0) is 26.3. The first-order valence-corrected chi connectivity index (χ1v) is 12.6. The van der Waals surface area contributed by atoms with Gasteiger partial charge in [-0.2, -0.15) is 9.61 Å². The SMILES string of the molecule is CC(C)N(c1nn(-c2ccc(-c3cc4nccc(N)n4n3)cc2)cc1C(=O)O)C(=O)[C@H]1CC[C@H](C)CC1. The highest BCUT2D eigenvalue weighted by molar-refractivity contribution is 6.01. The zero-order valence-electron chi connectivity index (χ0n) is 21.2. The van der Waals surface area contributed by atoms with Gasteiger partial charge < -0.3 is 10.8 Å². The molecule has 1 aliphatic rings. The van der Waals surface area contributed by atoms with Crippen LogP contribution in [-0.2, 0) is 4.79 Å². The van der Waals surface area contributed by atoms with E-state index >= 15 is 0 Å². The highest BCUT2D eigenvalue weighted by Gasteiger charge is 2.34. The molecule has 3 heterocycles. The number of aromatic carboxylic acids is 1. The smallest absolute Gasteiger partial charge is 0.341 e. The maximum atomic E-state index is 13.5. The Kier molecular flexibility index (Phi) is 6.41. The number of carbonyl (C=O) groups is 2. The predicted octanol–water partition coefficient (Wildman–Crippen LogP) is 4.43. The number of fused-ring (bicyclic) bond motifs is 1. The van der Waals surface area contributed by atoms with Crippen molar-refractivity contribution in [1.82, 2.24) is 24.4 Å². The molecule has 0 saturated heterocycles. The number of hydrogen-bond acceptors (Lipinski definition) is 6. The summed E-state index contributed by atoms with van der Waals surface area (Å²) in [5.74, 6) is -0.00328. The van der Waals surface area contributed by atoms with Crippen molar-refractivity contribution < 1.29 is 14.7 Å². The van der Waals surface area contributed by atoms with Crippen LogP contribution in [0.3, 0.4) is 0 Å². The number of aromatic nitrogens is 5. The molecule has 4 aromatic rings. The fourth-order valence-corrected chi connectivity index (χ4v) is 4.97. The van der Waals surface area contributed by atoms with Gasteiger partial charge in [0.25, 0.3) is 0 Å². The van der Waals surface area contributed by atoms with Crippen LogP contribution in [0.15, 0.2) is 48.8 Å². The Labute approximate surface area is 214 Å². The molecule has 0 bridgehead atoms. The molecule has 1 saturated carbocycles. The summed E-state index contributed by atoms with van der Waals surface area (Å²) >= 11 is 0. The van der Waals surface area contributed by atoms with Crippen molar-refractivity contribution >= 4 is 29.2 Å². The molecule has 0 unspecified atom stereocenters. The number of amides is 1. The van der Waals surface area contributed by atoms with Gasteiger partial charge in [-0.25, -0.2) is 14.5 Å². The molecule has 1 fully saturated rings. The molecule has 192 valence electrons. The second kappa shape index (κ2) is 9.68. The van der Waals surface area contributed by atoms with Crippen LogP contribution in [0.2, 0.25) is 0 Å². The standard InChI is InChI=1S/C27H31N7O3/c1-16(2)33(26(35)19-6-4-17(3)5-7-19)25-21(27(36)37)15-32(31-25)20-10-8-18(9-11-20)22-14-24-29-13-12-23(28)34(24)30-22/h8-17,19H,4-7,28H2,1-3H3,(H,36,37)/t17-,19-. The van der Waals surface area contributed by atoms with Crippen LogP contribution in [0, 0.1) is 11.8 Å². The number of anilines is 2. The van der Waals surface area contributed by atoms with Crippen molar-refractivity contribution in [3.05, 3.63) is 54.4 Å². The monoisotopic (exact) mass is 501 g/mol. The Bertz CT molecular complexity index is 1450. The van der Waals surface area contributed by atoms with Crippen molar-refractivity contribution in [3.63, 3.8) is 0 Å². The Morgan fingerprint density at radius 3 is 2.41 bits per heavy atom. The Balaban J connectivity index is 1.46. The lowest BCUT2D eigenvalue weighted by Crippen LogP contribution is -2.43. The number of nitrogens with zero attached hydrogens (tertiary/aromatic N) is 6. The third kappa shape index (κ3) is 4.66. The summed E-state index contributed by atoms with van der Waals surface area (Å²) in [4.78, 5) is 31.5. The summed E-state index contributed by atoms with van der Waals surface area (Å²) in [5.41, 5.74) is 8.86. The second-order valence-electron chi connectivity index (χ2n) is 10.1. The molecule has 1 aromatic carbocycles. The molecule has 1 amide bonds. The quantitative estimate of drug-likeness (QED) is 0.399. The third-order valence-electron chi connectivity index (χ3n) is 7.09. The largest absolute Gasteiger partial charge is 0.477 e. The van der Waals surface area contributed by atoms with E-state index in [9.17, 15) is 14.7 Å². The molecule has 3 aromatic heterocycles. The minimum atomic E-state index is -1.12. The zero-order valence-corrected chi connectivity index (χ0v) is 21.2. The number of hydrogen-bond donors (Lipinski definition) is 2. The summed E-state index contributed by atoms with van der Waals surface area (Å²) in [6, 6.07) is 10.7. The number of benzene rings is 1. The predicted molar refractivity (Wildman–Crippen MR) is 141 cm³/mol. The van der Waals surface area contributed by atoms with E-state index in [-0.39, 0.29) is 29.2 Å². The Morgan fingerprint density at radius 2 is 1.78 bits per heavy atom. The van der Waals surface area contributed by atoms with Crippen LogP contribution in [0.4, 0.5) is 11.6 Å². The average molecular weight is 502 g/mol. The molecule has 10 nitrogen and oxygen atoms in total. The van der Waals surface area contributed by atoms with Gasteiger partial charge in [0.2, 0.25) is 5.91 Å². The lowest BCUT2D eigenvalue weighted by molar-refractivity contribution is -0.124. The minimum absolute atomic E-state index is 0.00259. The van der Waals surface area contributed by atoms with E-state index in [0.717, 1.165) is 31.2 Å². The number of nitrogen functional groups attached to an aromatic ring is 1. The van der Waals surface area contributed by atoms with Crippen LogP contribution in [0.1, 0.15) is 56.8 Å². The van der Waals surface area contributed by atoms with Crippen molar-refractivity contribution in [1.29, 1.82) is 0 Å². The molecule has 0 radical (unpaired) electrons. The summed E-state index contributed by atoms with van der Waals surface area (Å²) in [6.45, 7) is 5.98. The minimum Gasteiger partial charge on any atom is -0.477 e. The van der Waals surface area contributed by atoms with Gasteiger partial charge in [0, 0.05) is 36.0 Å². The van der Waals surface area contributed by atoms with E-state index in [1.165, 1.54) is 10.9 Å². The molecular formula is C27H31N7O3. The molecular weight excluding hydrogens is 470 g/mol. The Hall–Kier alpha value is -4.21. The van der Waals surface area contributed by atoms with Crippen LogP contribution < -0.4 is 10.6 Å². The van der Waals surface area contributed by atoms with Crippen LogP contribution in [-0.4, -0.2) is 47.4 Å². The van der Waals surface area contributed by atoms with Crippen molar-refractivity contribution in [3.8, 4) is 16.9 Å². The van der Waals surface area contributed by atoms with E-state index in [4.69, 9.17) is 5.73 Å². The fraction of sp³-hybridized carbons (Fsp3) is 0.370. The molecule has 5 rings (SSSR count). The maximum absolute atomic E-state index is 13.5. The van der Waals surface area contributed by atoms with Gasteiger partial charge >= 0.3 is 5.97 Å². The molecule has 0 aliphatic heterocycles. The van der Waals surface area contributed by atoms with Crippen LogP contribution in [0.5, 0.6) is 0 Å². The van der Waals surface area contributed by atoms with Crippen molar-refractivity contribution in [2.45, 2.75) is 52.5 Å². The number of carboxylic acids is 1. The molecule has 0 atom stereocenters. The van der Waals surface area contributed by atoms with Gasteiger partial charge in [0.15, 0.2) is 11.5 Å². The lowest BCUT2D eigenvalue weighted by Gasteiger charge is -2.32. The number of rotatable bonds is 6. The molecule has 37 heavy (non-hydrogen) atoms. The Morgan fingerprint density at radius 1 is 1.08 bits per heavy atom. The summed E-state index contributed by atoms with van der Waals surface area (Å²) in [6.07, 6.45) is 6.74. The molecule has 10 heteroatoms. The van der Waals surface area contributed by atoms with Gasteiger partial charge in [-0.05, 0) is 63.6 Å². The van der Waals surface area contributed by atoms with E-state index in [0.29, 0.717) is 28.8 Å². The first-order chi connectivity index (χ1) is 17.7. The fourth-order valence-electron chi connectivity index (χ4n) is 4.97. The average Bonchev–Trinajstić information content (AvgIpc) is 3.50. The number of nitrogens with two attached hydrogens (primary N) is 1. The summed E-state index contributed by atoms with van der Waals surface area (Å²) in [7, 11) is 0. The van der Waals surface area contributed by atoms with Gasteiger partial charge in [-0.3, -0.25) is 9.69 Å². The van der Waals surface area contributed by atoms with Gasteiger partial charge in [0.05, 0.1) is 11.4 Å². The lowest BCUT2D eigenvalue weighted by atomic mass is 9.82. The topological polar surface area (TPSA) is 132 Å². The van der Waals surface area contributed by atoms with Gasteiger partial charge in [0.1, 0.15) is 11.4 Å². The number of carbonyl (C=O) groups excluding carboxylic acids is 1. The molecule has 3 N–H and O–H groups in total. The van der Waals surface area contributed by atoms with E-state index in [2.05, 4.69) is 22.1 Å². The van der Waals surface area contributed by atoms with Crippen molar-refractivity contribution in [2.75, 3.05) is 10.6 Å². The molecule has 1 aliphatic carbocycles. The van der Waals surface area contributed by atoms with Gasteiger partial charge in [-0.1, -0.05) is 19.1 Å². The third-order valence-corrected chi connectivity index (χ3v) is 7.09. The van der Waals surface area contributed by atoms with E-state index in [1.807, 2.05) is 44.2 Å². The first kappa shape index (κ1) is 24.5. The summed E-state index contributed by atoms with van der Waals surface area (Å²) < 4.78 is 3.09. The molecule has 0 spiro atoms. The highest BCUT2D eigenvalue weighted by atomic mass is 16.4. The normalized spacial score (nSPS) is 17.8. The highest BCUT2D eigenvalue weighted by Crippen LogP contribution is 2.33. The maximum Gasteiger partial charge on any atom is 0.341 e. The second-order valence-corrected chi connectivity index (χ2v) is 10.1. The summed E-state index contributed by atoms with van der Waals surface area (Å²) in [5, 5.41) is 19.1. The van der Waals surface area contributed by atoms with E-state index < -0.39 is 5.97 Å². The van der Waals surface area contributed by atoms with Crippen LogP contribution >= 0.6 is 0 Å². The van der Waals surface area contributed by atoms with Crippen LogP contribution in [0.25, 0.3) is 22.6 Å². The van der Waals surface area contributed by atoms with Gasteiger partial charge in [-0.15, -0.1) is 5.10 Å². The van der Waals surface area contributed by atoms with E-state index in [1.54, 1.807) is 21.7 Å².